The maximum atomic E-state index is 13.8. The highest BCUT2D eigenvalue weighted by Gasteiger charge is 2.35. The Labute approximate surface area is 196 Å². The molecule has 2 N–H and O–H groups in total. The molecule has 178 valence electrons. The monoisotopic (exact) mass is 481 g/mol. The third-order valence-electron chi connectivity index (χ3n) is 5.69. The molecule has 0 saturated carbocycles. The van der Waals surface area contributed by atoms with Crippen LogP contribution >= 0.6 is 0 Å². The Morgan fingerprint density at radius 2 is 1.86 bits per heavy atom. The van der Waals surface area contributed by atoms with Crippen molar-refractivity contribution in [1.82, 2.24) is 24.9 Å². The fourth-order valence-corrected chi connectivity index (χ4v) is 3.96. The molecule has 0 spiro atoms. The van der Waals surface area contributed by atoms with E-state index < -0.39 is 23.6 Å². The summed E-state index contributed by atoms with van der Waals surface area (Å²) in [5.74, 6) is -1.13. The Balaban J connectivity index is 1.40. The number of aryl methyl sites for hydroxylation is 1. The minimum atomic E-state index is -4.75. The van der Waals surface area contributed by atoms with Crippen molar-refractivity contribution in [1.29, 1.82) is 0 Å². The van der Waals surface area contributed by atoms with Crippen LogP contribution in [0.3, 0.4) is 0 Å². The van der Waals surface area contributed by atoms with Crippen molar-refractivity contribution in [3.8, 4) is 11.3 Å². The van der Waals surface area contributed by atoms with Gasteiger partial charge < -0.3 is 10.3 Å². The van der Waals surface area contributed by atoms with Crippen molar-refractivity contribution < 1.29 is 22.4 Å². The summed E-state index contributed by atoms with van der Waals surface area (Å²) >= 11 is 0. The average Bonchev–Trinajstić information content (AvgIpc) is 3.42. The zero-order valence-corrected chi connectivity index (χ0v) is 18.4. The van der Waals surface area contributed by atoms with Gasteiger partial charge in [-0.2, -0.15) is 18.3 Å². The number of benzene rings is 2. The average molecular weight is 481 g/mol. The van der Waals surface area contributed by atoms with E-state index in [1.807, 2.05) is 31.3 Å². The van der Waals surface area contributed by atoms with Crippen molar-refractivity contribution in [3.63, 3.8) is 0 Å². The molecule has 5 aromatic rings. The van der Waals surface area contributed by atoms with Crippen LogP contribution < -0.4 is 5.32 Å². The molecule has 2 aromatic carbocycles. The molecule has 0 atom stereocenters. The molecule has 6 nitrogen and oxygen atoms in total. The van der Waals surface area contributed by atoms with E-state index in [0.29, 0.717) is 16.5 Å². The van der Waals surface area contributed by atoms with Crippen LogP contribution in [-0.4, -0.2) is 32.0 Å². The molecule has 35 heavy (non-hydrogen) atoms. The highest BCUT2D eigenvalue weighted by atomic mass is 19.4. The number of alkyl halides is 3. The molecule has 0 bridgehead atoms. The van der Waals surface area contributed by atoms with Crippen LogP contribution in [0.5, 0.6) is 0 Å². The van der Waals surface area contributed by atoms with Gasteiger partial charge in [-0.25, -0.2) is 13.9 Å². The number of hydrogen-bond acceptors (Lipinski definition) is 3. The lowest BCUT2D eigenvalue weighted by Gasteiger charge is -2.11. The number of nitrogens with one attached hydrogen (secondary N) is 2. The summed E-state index contributed by atoms with van der Waals surface area (Å²) in [6.07, 6.45) is -2.34. The number of H-pyrrole nitrogens is 1. The first kappa shape index (κ1) is 22.6. The maximum absolute atomic E-state index is 13.8. The van der Waals surface area contributed by atoms with Gasteiger partial charge in [-0.1, -0.05) is 11.6 Å². The number of nitrogens with zero attached hydrogens (tertiary/aromatic N) is 3. The van der Waals surface area contributed by atoms with Gasteiger partial charge in [0.2, 0.25) is 0 Å². The summed E-state index contributed by atoms with van der Waals surface area (Å²) in [6, 6.07) is 13.0. The molecule has 0 radical (unpaired) electrons. The highest BCUT2D eigenvalue weighted by Crippen LogP contribution is 2.32. The molecule has 0 aliphatic carbocycles. The number of rotatable bonds is 5. The number of fused-ring (bicyclic) bond motifs is 2. The summed E-state index contributed by atoms with van der Waals surface area (Å²) in [5.41, 5.74) is 2.00. The van der Waals surface area contributed by atoms with Gasteiger partial charge in [-0.15, -0.1) is 0 Å². The first-order valence-electron chi connectivity index (χ1n) is 10.8. The number of carbonyl (C=O) groups is 1. The zero-order chi connectivity index (χ0) is 24.7. The van der Waals surface area contributed by atoms with Gasteiger partial charge in [0.15, 0.2) is 17.0 Å². The van der Waals surface area contributed by atoms with E-state index in [-0.39, 0.29) is 23.6 Å². The van der Waals surface area contributed by atoms with Crippen LogP contribution in [0.25, 0.3) is 27.8 Å². The predicted octanol–water partition coefficient (Wildman–Crippen LogP) is 5.32. The van der Waals surface area contributed by atoms with E-state index in [1.165, 1.54) is 18.2 Å². The van der Waals surface area contributed by atoms with Crippen molar-refractivity contribution in [3.05, 3.63) is 89.1 Å². The molecule has 1 amide bonds. The van der Waals surface area contributed by atoms with Crippen molar-refractivity contribution in [2.75, 3.05) is 6.54 Å². The second-order valence-electron chi connectivity index (χ2n) is 8.20. The molecule has 3 heterocycles. The van der Waals surface area contributed by atoms with E-state index >= 15 is 0 Å². The van der Waals surface area contributed by atoms with Gasteiger partial charge >= 0.3 is 6.18 Å². The van der Waals surface area contributed by atoms with Gasteiger partial charge in [-0.05, 0) is 61.4 Å². The van der Waals surface area contributed by atoms with Gasteiger partial charge in [0, 0.05) is 35.3 Å². The standard InChI is InChI=1S/C25H19F4N5O/c1-14-2-7-19-18(10-14)16(13-31-19)8-9-30-24(35)21-12-23-32-20(15-3-5-17(26)6-4-15)11-22(25(27,28)29)34(23)33-21/h2-7,10-13,31H,8-9H2,1H3,(H,30,35). The minimum Gasteiger partial charge on any atom is -0.361 e. The van der Waals surface area contributed by atoms with E-state index in [1.54, 1.807) is 0 Å². The third-order valence-corrected chi connectivity index (χ3v) is 5.69. The maximum Gasteiger partial charge on any atom is 0.433 e. The normalized spacial score (nSPS) is 11.9. The molecule has 0 aliphatic rings. The molecular formula is C25H19F4N5O. The summed E-state index contributed by atoms with van der Waals surface area (Å²) in [4.78, 5) is 20.1. The van der Waals surface area contributed by atoms with Crippen LogP contribution in [0.2, 0.25) is 0 Å². The fraction of sp³-hybridized carbons (Fsp3) is 0.160. The van der Waals surface area contributed by atoms with Gasteiger partial charge in [0.05, 0.1) is 5.69 Å². The second-order valence-corrected chi connectivity index (χ2v) is 8.20. The first-order chi connectivity index (χ1) is 16.7. The Bertz CT molecular complexity index is 1550. The predicted molar refractivity (Wildman–Crippen MR) is 122 cm³/mol. The number of aromatic amines is 1. The van der Waals surface area contributed by atoms with Crippen LogP contribution in [0.15, 0.2) is 60.8 Å². The van der Waals surface area contributed by atoms with Crippen LogP contribution in [0, 0.1) is 12.7 Å². The van der Waals surface area contributed by atoms with Gasteiger partial charge in [0.25, 0.3) is 5.91 Å². The smallest absolute Gasteiger partial charge is 0.361 e. The fourth-order valence-electron chi connectivity index (χ4n) is 3.96. The van der Waals surface area contributed by atoms with Crippen molar-refractivity contribution in [2.45, 2.75) is 19.5 Å². The quantitative estimate of drug-likeness (QED) is 0.334. The molecule has 0 unspecified atom stereocenters. The summed E-state index contributed by atoms with van der Waals surface area (Å²) < 4.78 is 55.1. The SMILES string of the molecule is Cc1ccc2[nH]cc(CCNC(=O)c3cc4nc(-c5ccc(F)cc5)cc(C(F)(F)F)n4n3)c2c1. The summed E-state index contributed by atoms with van der Waals surface area (Å²) in [5, 5.41) is 7.62. The molecular weight excluding hydrogens is 462 g/mol. The van der Waals surface area contributed by atoms with E-state index in [9.17, 15) is 22.4 Å². The lowest BCUT2D eigenvalue weighted by Crippen LogP contribution is -2.26. The van der Waals surface area contributed by atoms with Gasteiger partial charge in [-0.3, -0.25) is 4.79 Å². The van der Waals surface area contributed by atoms with Gasteiger partial charge in [0.1, 0.15) is 5.82 Å². The van der Waals surface area contributed by atoms with Crippen LogP contribution in [0.4, 0.5) is 17.6 Å². The molecule has 0 fully saturated rings. The molecule has 0 aliphatic heterocycles. The third kappa shape index (κ3) is 4.46. The molecule has 5 rings (SSSR count). The number of hydrogen-bond donors (Lipinski definition) is 2. The van der Waals surface area contributed by atoms with Crippen molar-refractivity contribution >= 4 is 22.5 Å². The van der Waals surface area contributed by atoms with Crippen LogP contribution in [-0.2, 0) is 12.6 Å². The molecule has 3 aromatic heterocycles. The molecule has 10 heteroatoms. The van der Waals surface area contributed by atoms with Crippen LogP contribution in [0.1, 0.15) is 27.3 Å². The minimum absolute atomic E-state index is 0.00804. The Hall–Kier alpha value is -4.21. The topological polar surface area (TPSA) is 75.1 Å². The lowest BCUT2D eigenvalue weighted by atomic mass is 10.1. The first-order valence-corrected chi connectivity index (χ1v) is 10.8. The Kier molecular flexibility index (Phi) is 5.50. The van der Waals surface area contributed by atoms with Crippen molar-refractivity contribution in [2.24, 2.45) is 0 Å². The lowest BCUT2D eigenvalue weighted by molar-refractivity contribution is -0.142. The number of aromatic nitrogens is 4. The van der Waals surface area contributed by atoms with E-state index in [2.05, 4.69) is 20.4 Å². The highest BCUT2D eigenvalue weighted by molar-refractivity contribution is 5.93. The number of amides is 1. The Morgan fingerprint density at radius 3 is 2.60 bits per heavy atom. The van der Waals surface area contributed by atoms with E-state index in [4.69, 9.17) is 0 Å². The van der Waals surface area contributed by atoms with E-state index in [0.717, 1.165) is 40.2 Å². The molecule has 0 saturated heterocycles. The number of halogens is 4. The summed E-state index contributed by atoms with van der Waals surface area (Å²) in [7, 11) is 0. The zero-order valence-electron chi connectivity index (χ0n) is 18.4. The Morgan fingerprint density at radius 1 is 1.09 bits per heavy atom. The summed E-state index contributed by atoms with van der Waals surface area (Å²) in [6.45, 7) is 2.26. The number of carbonyl (C=O) groups excluding carboxylic acids is 1. The largest absolute Gasteiger partial charge is 0.433 e. The second kappa shape index (κ2) is 8.53.